The lowest BCUT2D eigenvalue weighted by atomic mass is 10.0. The summed E-state index contributed by atoms with van der Waals surface area (Å²) in [4.78, 5) is 107. The van der Waals surface area contributed by atoms with E-state index in [0.29, 0.717) is 11.3 Å². The number of nitrogens with one attached hydrogen (secondary N) is 13. The van der Waals surface area contributed by atoms with Crippen LogP contribution in [0.25, 0.3) is 0 Å². The van der Waals surface area contributed by atoms with Crippen molar-refractivity contribution in [3.63, 3.8) is 0 Å². The highest BCUT2D eigenvalue weighted by atomic mass is 16.6. The molecule has 3 aromatic rings. The summed E-state index contributed by atoms with van der Waals surface area (Å²) >= 11 is 0. The molecule has 0 saturated carbocycles. The maximum absolute atomic E-state index is 14.5. The molecule has 6 unspecified atom stereocenters. The number of aliphatic hydroxyl groups is 1. The highest BCUT2D eigenvalue weighted by molar-refractivity contribution is 6.00. The molecule has 0 aliphatic rings. The number of aliphatic hydroxyl groups excluding tert-OH is 1. The molecule has 24 N–H and O–H groups in total. The number of nitro groups is 2. The van der Waals surface area contributed by atoms with Crippen LogP contribution in [-0.4, -0.2) is 126 Å². The first kappa shape index (κ1) is 56.7. The summed E-state index contributed by atoms with van der Waals surface area (Å²) in [6.07, 6.45) is -8.29. The number of primary amides is 1. The van der Waals surface area contributed by atoms with Crippen LogP contribution in [-0.2, 0) is 35.3 Å². The third-order valence-electron chi connectivity index (χ3n) is 9.64. The van der Waals surface area contributed by atoms with E-state index in [1.165, 1.54) is 30.3 Å². The fourth-order valence-electron chi connectivity index (χ4n) is 6.39. The van der Waals surface area contributed by atoms with Gasteiger partial charge in [-0.25, -0.2) is 0 Å². The summed E-state index contributed by atoms with van der Waals surface area (Å²) < 4.78 is 0. The van der Waals surface area contributed by atoms with E-state index in [-0.39, 0.29) is 5.56 Å². The van der Waals surface area contributed by atoms with E-state index in [4.69, 9.17) is 50.3 Å². The Morgan fingerprint density at radius 2 is 1.04 bits per heavy atom. The van der Waals surface area contributed by atoms with Gasteiger partial charge in [-0.1, -0.05) is 42.5 Å². The highest BCUT2D eigenvalue weighted by Gasteiger charge is 2.40. The number of guanidine groups is 4. The Morgan fingerprint density at radius 1 is 0.630 bits per heavy atom. The first-order valence-electron chi connectivity index (χ1n) is 20.6. The zero-order valence-corrected chi connectivity index (χ0v) is 38.4. The van der Waals surface area contributed by atoms with E-state index < -0.39 is 142 Å². The van der Waals surface area contributed by atoms with E-state index in [9.17, 15) is 59.4 Å². The summed E-state index contributed by atoms with van der Waals surface area (Å²) in [5, 5.41) is 94.8. The van der Waals surface area contributed by atoms with E-state index in [1.807, 2.05) is 26.6 Å². The van der Waals surface area contributed by atoms with Gasteiger partial charge >= 0.3 is 11.4 Å². The van der Waals surface area contributed by atoms with Gasteiger partial charge < -0.3 is 91.4 Å². The Bertz CT molecular complexity index is 2650. The SMILES string of the molecule is CN(C)c1ccc(CN(c2c([N+](=O)[O-])cc(C#N)cc2[N+](=O)[O-])C(CO)C(=O)NC(C(=O)NC(NC(=N)N)C(=O)NC(NC(=N)N)C(=O)NC(NC(=N)N)C(=O)NC(NC(=N)N)C(N)=O)c2ccccc2)cc1. The number of nitriles is 1. The lowest BCUT2D eigenvalue weighted by Crippen LogP contribution is -2.68. The fourth-order valence-corrected chi connectivity index (χ4v) is 6.39. The number of amides is 6. The van der Waals surface area contributed by atoms with Gasteiger partial charge in [-0.3, -0.25) is 70.6 Å². The molecule has 0 aliphatic heterocycles. The van der Waals surface area contributed by atoms with Crippen molar-refractivity contribution in [2.24, 2.45) is 28.7 Å². The van der Waals surface area contributed by atoms with Gasteiger partial charge in [0.2, 0.25) is 11.8 Å². The van der Waals surface area contributed by atoms with Crippen molar-refractivity contribution in [2.45, 2.75) is 43.3 Å². The first-order chi connectivity index (χ1) is 34.3. The van der Waals surface area contributed by atoms with E-state index in [1.54, 1.807) is 49.3 Å². The predicted molar refractivity (Wildman–Crippen MR) is 257 cm³/mol. The minimum absolute atomic E-state index is 0.0250. The summed E-state index contributed by atoms with van der Waals surface area (Å²) in [6, 6.07) is 12.6. The molecule has 6 atom stereocenters. The average Bonchev–Trinajstić information content (AvgIpc) is 3.31. The molecule has 34 nitrogen and oxygen atoms in total. The van der Waals surface area contributed by atoms with Crippen molar-refractivity contribution in [3.8, 4) is 6.07 Å². The molecule has 34 heteroatoms. The van der Waals surface area contributed by atoms with Crippen LogP contribution in [0.15, 0.2) is 66.7 Å². The van der Waals surface area contributed by atoms with Crippen molar-refractivity contribution in [1.29, 1.82) is 26.9 Å². The molecule has 0 aliphatic carbocycles. The smallest absolute Gasteiger partial charge is 0.301 e. The molecule has 0 fully saturated rings. The molecule has 0 spiro atoms. The van der Waals surface area contributed by atoms with E-state index >= 15 is 0 Å². The third-order valence-corrected chi connectivity index (χ3v) is 9.64. The zero-order chi connectivity index (χ0) is 54.9. The number of nitrogens with two attached hydrogens (primary N) is 5. The van der Waals surface area contributed by atoms with Crippen LogP contribution in [0.1, 0.15) is 22.7 Å². The van der Waals surface area contributed by atoms with Crippen molar-refractivity contribution < 1.29 is 43.7 Å². The largest absolute Gasteiger partial charge is 0.394 e. The maximum atomic E-state index is 14.5. The van der Waals surface area contributed by atoms with Gasteiger partial charge in [0.25, 0.3) is 23.6 Å². The molecule has 0 heterocycles. The lowest BCUT2D eigenvalue weighted by molar-refractivity contribution is -0.392. The molecular weight excluding hydrogens is 967 g/mol. The third kappa shape index (κ3) is 16.3. The normalized spacial score (nSPS) is 12.8. The first-order valence-corrected chi connectivity index (χ1v) is 20.6. The second kappa shape index (κ2) is 25.7. The van der Waals surface area contributed by atoms with Gasteiger partial charge in [-0.2, -0.15) is 5.26 Å². The highest BCUT2D eigenvalue weighted by Crippen LogP contribution is 2.41. The minimum atomic E-state index is -2.18. The summed E-state index contributed by atoms with van der Waals surface area (Å²) in [6.45, 7) is -1.74. The van der Waals surface area contributed by atoms with E-state index in [0.717, 1.165) is 17.0 Å². The predicted octanol–water partition coefficient (Wildman–Crippen LogP) is -6.15. The molecule has 0 saturated heterocycles. The van der Waals surface area contributed by atoms with Crippen LogP contribution < -0.4 is 86.3 Å². The summed E-state index contributed by atoms with van der Waals surface area (Å²) in [5.74, 6) is -11.8. The van der Waals surface area contributed by atoms with Crippen molar-refractivity contribution >= 4 is 82.0 Å². The molecule has 388 valence electrons. The van der Waals surface area contributed by atoms with Crippen LogP contribution in [0.3, 0.4) is 0 Å². The van der Waals surface area contributed by atoms with Crippen molar-refractivity contribution in [1.82, 2.24) is 47.9 Å². The number of nitrogens with zero attached hydrogens (tertiary/aromatic N) is 5. The number of benzene rings is 3. The number of hydrogen-bond donors (Lipinski definition) is 19. The quantitative estimate of drug-likeness (QED) is 0.0130. The van der Waals surface area contributed by atoms with Gasteiger partial charge in [0, 0.05) is 38.5 Å². The Kier molecular flexibility index (Phi) is 20.0. The molecule has 3 aromatic carbocycles. The number of anilines is 2. The number of rotatable bonds is 24. The van der Waals surface area contributed by atoms with Gasteiger partial charge in [0.1, 0.15) is 12.1 Å². The lowest BCUT2D eigenvalue weighted by Gasteiger charge is -2.32. The molecule has 6 amide bonds. The standard InChI is InChI=1S/C39H51N23O11/c1-59(2)20-10-8-17(9-11-20)15-60(25-21(61(70)71)12-18(14-40)13-22(25)62(72)73)23(16-63)31(65)50-24(19-6-4-3-5-7-19)32(66)52-28(56-37(44)45)34(68)54-30(58-39(48)49)35(69)53-29(57-38(46)47)33(67)51-27(26(41)64)55-36(42)43/h3-13,23-24,27-30,63H,15-16H2,1-2H3,(H2,41,64)(H,50,65)(H,51,67)(H,52,66)(H,53,69)(H,54,68)(H4,42,43,55)(H4,44,45,56)(H4,46,47,57)(H4,48,49,58). The second-order valence-corrected chi connectivity index (χ2v) is 15.1. The number of hydrogen-bond acceptors (Lipinski definition) is 18. The van der Waals surface area contributed by atoms with Gasteiger partial charge in [-0.05, 0) is 23.3 Å². The van der Waals surface area contributed by atoms with Crippen molar-refractivity contribution in [2.75, 3.05) is 30.5 Å². The fraction of sp³-hybridized carbons (Fsp3) is 0.256. The van der Waals surface area contributed by atoms with Crippen LogP contribution in [0, 0.1) is 53.2 Å². The van der Waals surface area contributed by atoms with Gasteiger partial charge in [0.15, 0.2) is 54.2 Å². The Morgan fingerprint density at radius 3 is 1.41 bits per heavy atom. The summed E-state index contributed by atoms with van der Waals surface area (Å²) in [7, 11) is 3.48. The van der Waals surface area contributed by atoms with Gasteiger partial charge in [-0.15, -0.1) is 0 Å². The number of carbonyl (C=O) groups is 6. The zero-order valence-electron chi connectivity index (χ0n) is 38.4. The number of carbonyl (C=O) groups excluding carboxylic acids is 6. The molecular formula is C39H51N23O11. The second-order valence-electron chi connectivity index (χ2n) is 15.1. The Labute approximate surface area is 412 Å². The van der Waals surface area contributed by atoms with Crippen LogP contribution in [0.2, 0.25) is 0 Å². The van der Waals surface area contributed by atoms with Crippen LogP contribution in [0.5, 0.6) is 0 Å². The molecule has 3 rings (SSSR count). The Hall–Kier alpha value is -10.6. The molecule has 73 heavy (non-hydrogen) atoms. The van der Waals surface area contributed by atoms with Crippen molar-refractivity contribution in [3.05, 3.63) is 104 Å². The Balaban J connectivity index is 2.09. The monoisotopic (exact) mass is 1020 g/mol. The van der Waals surface area contributed by atoms with Crippen LogP contribution in [0.4, 0.5) is 22.7 Å². The van der Waals surface area contributed by atoms with E-state index in [2.05, 4.69) is 21.3 Å². The topological polar surface area (TPSA) is 573 Å². The maximum Gasteiger partial charge on any atom is 0.301 e. The molecule has 0 radical (unpaired) electrons. The number of nitro benzene ring substituents is 2. The minimum Gasteiger partial charge on any atom is -0.394 e. The van der Waals surface area contributed by atoms with Crippen LogP contribution >= 0.6 is 0 Å². The molecule has 0 bridgehead atoms. The van der Waals surface area contributed by atoms with Gasteiger partial charge in [0.05, 0.1) is 28.1 Å². The average molecular weight is 1020 g/mol. The summed E-state index contributed by atoms with van der Waals surface area (Å²) in [5.41, 5.74) is 24.4. The molecule has 0 aromatic heterocycles.